The van der Waals surface area contributed by atoms with Gasteiger partial charge in [0.05, 0.1) is 11.2 Å². The SMILES string of the molecule is CC(C)(C)N=C(N)Nc1ccc(F)cc1Br. The van der Waals surface area contributed by atoms with E-state index in [9.17, 15) is 4.39 Å². The highest BCUT2D eigenvalue weighted by molar-refractivity contribution is 9.10. The Kier molecular flexibility index (Phi) is 3.91. The number of benzene rings is 1. The Bertz CT molecular complexity index is 410. The van der Waals surface area contributed by atoms with Crippen LogP contribution in [0.4, 0.5) is 10.1 Å². The van der Waals surface area contributed by atoms with Gasteiger partial charge in [-0.05, 0) is 54.9 Å². The summed E-state index contributed by atoms with van der Waals surface area (Å²) in [5.41, 5.74) is 6.16. The lowest BCUT2D eigenvalue weighted by molar-refractivity contribution is 0.583. The highest BCUT2D eigenvalue weighted by Gasteiger charge is 2.09. The molecule has 0 radical (unpaired) electrons. The van der Waals surface area contributed by atoms with E-state index in [0.717, 1.165) is 0 Å². The molecule has 0 atom stereocenters. The Morgan fingerprint density at radius 1 is 1.44 bits per heavy atom. The van der Waals surface area contributed by atoms with E-state index in [0.29, 0.717) is 16.1 Å². The van der Waals surface area contributed by atoms with Crippen molar-refractivity contribution < 1.29 is 4.39 Å². The molecule has 0 aliphatic carbocycles. The molecule has 0 unspecified atom stereocenters. The smallest absolute Gasteiger partial charge is 0.193 e. The van der Waals surface area contributed by atoms with Crippen molar-refractivity contribution in [2.24, 2.45) is 10.7 Å². The third kappa shape index (κ3) is 4.18. The van der Waals surface area contributed by atoms with Crippen molar-refractivity contribution >= 4 is 27.6 Å². The zero-order valence-corrected chi connectivity index (χ0v) is 11.1. The molecule has 1 aromatic carbocycles. The third-order valence-corrected chi connectivity index (χ3v) is 2.31. The molecule has 3 N–H and O–H groups in total. The summed E-state index contributed by atoms with van der Waals surface area (Å²) in [4.78, 5) is 4.24. The van der Waals surface area contributed by atoms with Crippen LogP contribution >= 0.6 is 15.9 Å². The molecular formula is C11H15BrFN3. The minimum atomic E-state index is -0.302. The molecule has 3 nitrogen and oxygen atoms in total. The number of anilines is 1. The quantitative estimate of drug-likeness (QED) is 0.616. The number of hydrogen-bond acceptors (Lipinski definition) is 1. The molecule has 0 heterocycles. The number of rotatable bonds is 1. The maximum absolute atomic E-state index is 12.8. The van der Waals surface area contributed by atoms with Gasteiger partial charge in [0.25, 0.3) is 0 Å². The van der Waals surface area contributed by atoms with Gasteiger partial charge >= 0.3 is 0 Å². The van der Waals surface area contributed by atoms with Gasteiger partial charge in [-0.15, -0.1) is 0 Å². The Hall–Kier alpha value is -1.10. The monoisotopic (exact) mass is 287 g/mol. The van der Waals surface area contributed by atoms with Gasteiger partial charge in [-0.25, -0.2) is 9.38 Å². The van der Waals surface area contributed by atoms with E-state index in [1.54, 1.807) is 6.07 Å². The second kappa shape index (κ2) is 4.82. The molecular weight excluding hydrogens is 273 g/mol. The van der Waals surface area contributed by atoms with Crippen LogP contribution in [0.1, 0.15) is 20.8 Å². The average molecular weight is 288 g/mol. The molecule has 0 saturated heterocycles. The first-order valence-electron chi connectivity index (χ1n) is 4.85. The highest BCUT2D eigenvalue weighted by atomic mass is 79.9. The molecule has 16 heavy (non-hydrogen) atoms. The van der Waals surface area contributed by atoms with Crippen molar-refractivity contribution in [3.05, 3.63) is 28.5 Å². The number of halogens is 2. The van der Waals surface area contributed by atoms with Gasteiger partial charge in [0.15, 0.2) is 5.96 Å². The van der Waals surface area contributed by atoms with Crippen LogP contribution in [-0.2, 0) is 0 Å². The third-order valence-electron chi connectivity index (χ3n) is 1.65. The molecule has 0 aliphatic heterocycles. The van der Waals surface area contributed by atoms with Crippen LogP contribution in [-0.4, -0.2) is 11.5 Å². The van der Waals surface area contributed by atoms with Crippen molar-refractivity contribution in [1.82, 2.24) is 0 Å². The van der Waals surface area contributed by atoms with Crippen molar-refractivity contribution in [2.45, 2.75) is 26.3 Å². The van der Waals surface area contributed by atoms with Gasteiger partial charge < -0.3 is 11.1 Å². The zero-order valence-electron chi connectivity index (χ0n) is 9.51. The fraction of sp³-hybridized carbons (Fsp3) is 0.364. The summed E-state index contributed by atoms with van der Waals surface area (Å²) in [7, 11) is 0. The second-order valence-corrected chi connectivity index (χ2v) is 5.27. The summed E-state index contributed by atoms with van der Waals surface area (Å²) in [5.74, 6) is 0.00330. The number of hydrogen-bond donors (Lipinski definition) is 2. The first-order valence-corrected chi connectivity index (χ1v) is 5.64. The number of nitrogens with zero attached hydrogens (tertiary/aromatic N) is 1. The fourth-order valence-corrected chi connectivity index (χ4v) is 1.57. The lowest BCUT2D eigenvalue weighted by Crippen LogP contribution is -2.27. The topological polar surface area (TPSA) is 50.4 Å². The summed E-state index contributed by atoms with van der Waals surface area (Å²) in [6.07, 6.45) is 0. The van der Waals surface area contributed by atoms with Gasteiger partial charge in [-0.2, -0.15) is 0 Å². The maximum Gasteiger partial charge on any atom is 0.193 e. The summed E-state index contributed by atoms with van der Waals surface area (Å²) < 4.78 is 13.4. The van der Waals surface area contributed by atoms with Crippen molar-refractivity contribution in [3.8, 4) is 0 Å². The van der Waals surface area contributed by atoms with Crippen LogP contribution in [0.15, 0.2) is 27.7 Å². The van der Waals surface area contributed by atoms with Gasteiger partial charge in [-0.1, -0.05) is 0 Å². The van der Waals surface area contributed by atoms with E-state index in [4.69, 9.17) is 5.73 Å². The van der Waals surface area contributed by atoms with E-state index < -0.39 is 0 Å². The molecule has 0 spiro atoms. The molecule has 0 aliphatic rings. The molecule has 1 rings (SSSR count). The van der Waals surface area contributed by atoms with E-state index in [2.05, 4.69) is 26.2 Å². The first kappa shape index (κ1) is 13.0. The van der Waals surface area contributed by atoms with Gasteiger partial charge in [-0.3, -0.25) is 0 Å². The average Bonchev–Trinajstić information content (AvgIpc) is 2.06. The van der Waals surface area contributed by atoms with E-state index >= 15 is 0 Å². The van der Waals surface area contributed by atoms with Crippen LogP contribution in [0.25, 0.3) is 0 Å². The highest BCUT2D eigenvalue weighted by Crippen LogP contribution is 2.22. The number of nitrogens with one attached hydrogen (secondary N) is 1. The molecule has 0 saturated carbocycles. The normalized spacial score (nSPS) is 12.7. The molecule has 0 bridgehead atoms. The molecule has 5 heteroatoms. The Balaban J connectivity index is 2.85. The number of aliphatic imine (C=N–C) groups is 1. The minimum Gasteiger partial charge on any atom is -0.370 e. The lowest BCUT2D eigenvalue weighted by Gasteiger charge is -2.15. The van der Waals surface area contributed by atoms with E-state index in [1.165, 1.54) is 12.1 Å². The Morgan fingerprint density at radius 2 is 2.06 bits per heavy atom. The number of guanidine groups is 1. The molecule has 1 aromatic rings. The van der Waals surface area contributed by atoms with Gasteiger partial charge in [0, 0.05) is 4.47 Å². The minimum absolute atomic E-state index is 0.246. The van der Waals surface area contributed by atoms with E-state index in [1.807, 2.05) is 20.8 Å². The zero-order chi connectivity index (χ0) is 12.3. The molecule has 0 aromatic heterocycles. The summed E-state index contributed by atoms with van der Waals surface area (Å²) in [6.45, 7) is 5.84. The summed E-state index contributed by atoms with van der Waals surface area (Å²) in [6, 6.07) is 4.33. The maximum atomic E-state index is 12.8. The van der Waals surface area contributed by atoms with Crippen molar-refractivity contribution in [1.29, 1.82) is 0 Å². The predicted molar refractivity (Wildman–Crippen MR) is 69.1 cm³/mol. The van der Waals surface area contributed by atoms with Crippen LogP contribution in [0.2, 0.25) is 0 Å². The van der Waals surface area contributed by atoms with Crippen LogP contribution < -0.4 is 11.1 Å². The standard InChI is InChI=1S/C11H15BrFN3/c1-11(2,3)16-10(14)15-9-5-4-7(13)6-8(9)12/h4-6H,1-3H3,(H3,14,15,16). The largest absolute Gasteiger partial charge is 0.370 e. The fourth-order valence-electron chi connectivity index (χ4n) is 1.12. The van der Waals surface area contributed by atoms with Gasteiger partial charge in [0.1, 0.15) is 5.82 Å². The predicted octanol–water partition coefficient (Wildman–Crippen LogP) is 3.11. The summed E-state index contributed by atoms with van der Waals surface area (Å²) in [5, 5.41) is 2.91. The van der Waals surface area contributed by atoms with Crippen molar-refractivity contribution in [2.75, 3.05) is 5.32 Å². The van der Waals surface area contributed by atoms with Crippen LogP contribution in [0.5, 0.6) is 0 Å². The molecule has 0 amide bonds. The first-order chi connectivity index (χ1) is 7.28. The van der Waals surface area contributed by atoms with E-state index in [-0.39, 0.29) is 11.4 Å². The van der Waals surface area contributed by atoms with Crippen LogP contribution in [0.3, 0.4) is 0 Å². The van der Waals surface area contributed by atoms with Gasteiger partial charge in [0.2, 0.25) is 0 Å². The Morgan fingerprint density at radius 3 is 2.56 bits per heavy atom. The Labute approximate surface area is 103 Å². The lowest BCUT2D eigenvalue weighted by atomic mass is 10.1. The van der Waals surface area contributed by atoms with Crippen LogP contribution in [0, 0.1) is 5.82 Å². The number of nitrogens with two attached hydrogens (primary N) is 1. The molecule has 0 fully saturated rings. The summed E-state index contributed by atoms with van der Waals surface area (Å²) >= 11 is 3.24. The van der Waals surface area contributed by atoms with Crippen molar-refractivity contribution in [3.63, 3.8) is 0 Å². The molecule has 88 valence electrons. The second-order valence-electron chi connectivity index (χ2n) is 4.42.